The van der Waals surface area contributed by atoms with E-state index in [1.165, 1.54) is 12.1 Å². The van der Waals surface area contributed by atoms with Crippen molar-refractivity contribution in [3.63, 3.8) is 0 Å². The molecule has 8 heteroatoms. The second-order valence-electron chi connectivity index (χ2n) is 7.17. The van der Waals surface area contributed by atoms with Crippen LogP contribution >= 0.6 is 11.6 Å². The van der Waals surface area contributed by atoms with Gasteiger partial charge in [0.25, 0.3) is 0 Å². The fourth-order valence-corrected chi connectivity index (χ4v) is 4.41. The van der Waals surface area contributed by atoms with Crippen molar-refractivity contribution >= 4 is 34.6 Å². The molecule has 148 valence electrons. The summed E-state index contributed by atoms with van der Waals surface area (Å²) in [5.74, 6) is -1.24. The smallest absolute Gasteiger partial charge is 0.416 e. The SMILES string of the molecule is O=C(O)C1CCN2c3c(Cl)cccc3N(c3ccc(C(F)(F)F)cc3)CC2C1. The number of rotatable bonds is 2. The number of anilines is 3. The lowest BCUT2D eigenvalue weighted by Crippen LogP contribution is -2.52. The zero-order chi connectivity index (χ0) is 20.1. The van der Waals surface area contributed by atoms with Gasteiger partial charge in [-0.2, -0.15) is 13.2 Å². The number of hydrogen-bond acceptors (Lipinski definition) is 3. The number of carboxylic acid groups (broad SMARTS) is 1. The lowest BCUT2D eigenvalue weighted by Gasteiger charge is -2.48. The lowest BCUT2D eigenvalue weighted by molar-refractivity contribution is -0.142. The second-order valence-corrected chi connectivity index (χ2v) is 7.58. The standard InChI is InChI=1S/C20H18ClF3N2O2/c21-16-2-1-3-17-18(16)25-9-8-12(19(27)28)10-15(25)11-26(17)14-6-4-13(5-7-14)20(22,23)24/h1-7,12,15H,8-11H2,(H,27,28). The number of hydrogen-bond donors (Lipinski definition) is 1. The fourth-order valence-electron chi connectivity index (χ4n) is 4.13. The molecule has 1 fully saturated rings. The summed E-state index contributed by atoms with van der Waals surface area (Å²) in [5, 5.41) is 9.95. The lowest BCUT2D eigenvalue weighted by atomic mass is 9.88. The number of piperidine rings is 1. The van der Waals surface area contributed by atoms with E-state index in [1.54, 1.807) is 6.07 Å². The minimum absolute atomic E-state index is 0.0791. The first-order chi connectivity index (χ1) is 13.3. The van der Waals surface area contributed by atoms with E-state index in [0.717, 1.165) is 23.5 Å². The molecule has 4 nitrogen and oxygen atoms in total. The molecular weight excluding hydrogens is 393 g/mol. The highest BCUT2D eigenvalue weighted by molar-refractivity contribution is 6.34. The third kappa shape index (κ3) is 3.28. The maximum Gasteiger partial charge on any atom is 0.416 e. The number of fused-ring (bicyclic) bond motifs is 3. The Kier molecular flexibility index (Phi) is 4.65. The zero-order valence-corrected chi connectivity index (χ0v) is 15.5. The number of alkyl halides is 3. The van der Waals surface area contributed by atoms with Crippen LogP contribution in [0.4, 0.5) is 30.2 Å². The van der Waals surface area contributed by atoms with Crippen molar-refractivity contribution < 1.29 is 23.1 Å². The van der Waals surface area contributed by atoms with Crippen LogP contribution in [0.15, 0.2) is 42.5 Å². The van der Waals surface area contributed by atoms with Gasteiger partial charge in [0.2, 0.25) is 0 Å². The van der Waals surface area contributed by atoms with E-state index < -0.39 is 23.6 Å². The van der Waals surface area contributed by atoms with Gasteiger partial charge in [0.05, 0.1) is 27.9 Å². The molecule has 2 aliphatic heterocycles. The Morgan fingerprint density at radius 1 is 1.14 bits per heavy atom. The summed E-state index contributed by atoms with van der Waals surface area (Å²) in [6.45, 7) is 1.07. The highest BCUT2D eigenvalue weighted by Crippen LogP contribution is 2.46. The average molecular weight is 411 g/mol. The summed E-state index contributed by atoms with van der Waals surface area (Å²) in [5.41, 5.74) is 1.54. The molecule has 0 radical (unpaired) electrons. The Labute approximate surface area is 165 Å². The van der Waals surface area contributed by atoms with Gasteiger partial charge in [-0.3, -0.25) is 4.79 Å². The normalized spacial score (nSPS) is 21.9. The second kappa shape index (κ2) is 6.88. The van der Waals surface area contributed by atoms with E-state index in [9.17, 15) is 23.1 Å². The molecule has 0 aliphatic carbocycles. The Morgan fingerprint density at radius 2 is 1.86 bits per heavy atom. The third-order valence-corrected chi connectivity index (χ3v) is 5.81. The molecule has 28 heavy (non-hydrogen) atoms. The molecule has 0 spiro atoms. The van der Waals surface area contributed by atoms with E-state index in [2.05, 4.69) is 4.90 Å². The Morgan fingerprint density at radius 3 is 2.50 bits per heavy atom. The van der Waals surface area contributed by atoms with Gasteiger partial charge in [-0.05, 0) is 49.2 Å². The first-order valence-electron chi connectivity index (χ1n) is 8.98. The van der Waals surface area contributed by atoms with E-state index in [0.29, 0.717) is 36.6 Å². The molecule has 2 aliphatic rings. The predicted molar refractivity (Wildman–Crippen MR) is 101 cm³/mol. The summed E-state index contributed by atoms with van der Waals surface area (Å²) in [6, 6.07) is 10.4. The molecule has 0 bridgehead atoms. The topological polar surface area (TPSA) is 43.8 Å². The maximum absolute atomic E-state index is 12.9. The van der Waals surface area contributed by atoms with Crippen LogP contribution in [0.2, 0.25) is 5.02 Å². The number of halogens is 4. The Hall–Kier alpha value is -2.41. The number of carboxylic acids is 1. The molecule has 0 aromatic heterocycles. The predicted octanol–water partition coefficient (Wildman–Crippen LogP) is 5.18. The van der Waals surface area contributed by atoms with Crippen LogP contribution < -0.4 is 9.80 Å². The van der Waals surface area contributed by atoms with E-state index in [-0.39, 0.29) is 6.04 Å². The Balaban J connectivity index is 1.74. The van der Waals surface area contributed by atoms with Crippen molar-refractivity contribution in [1.29, 1.82) is 0 Å². The molecule has 0 amide bonds. The van der Waals surface area contributed by atoms with Crippen molar-refractivity contribution in [2.75, 3.05) is 22.9 Å². The van der Waals surface area contributed by atoms with Gasteiger partial charge in [-0.15, -0.1) is 0 Å². The van der Waals surface area contributed by atoms with Gasteiger partial charge in [-0.25, -0.2) is 0 Å². The van der Waals surface area contributed by atoms with Gasteiger partial charge in [-0.1, -0.05) is 17.7 Å². The number of aliphatic carboxylic acids is 1. The van der Waals surface area contributed by atoms with Gasteiger partial charge in [0.15, 0.2) is 0 Å². The van der Waals surface area contributed by atoms with Crippen molar-refractivity contribution in [3.8, 4) is 0 Å². The number of para-hydroxylation sites is 1. The van der Waals surface area contributed by atoms with Crippen molar-refractivity contribution in [2.24, 2.45) is 5.92 Å². The van der Waals surface area contributed by atoms with Crippen molar-refractivity contribution in [3.05, 3.63) is 53.1 Å². The van der Waals surface area contributed by atoms with E-state index in [1.807, 2.05) is 17.0 Å². The van der Waals surface area contributed by atoms with Crippen molar-refractivity contribution in [1.82, 2.24) is 0 Å². The monoisotopic (exact) mass is 410 g/mol. The molecule has 1 N–H and O–H groups in total. The number of nitrogens with zero attached hydrogens (tertiary/aromatic N) is 2. The van der Waals surface area contributed by atoms with Crippen LogP contribution in [-0.2, 0) is 11.0 Å². The summed E-state index contributed by atoms with van der Waals surface area (Å²) in [6.07, 6.45) is -3.38. The minimum atomic E-state index is -4.39. The molecule has 2 atom stereocenters. The molecule has 2 aromatic rings. The maximum atomic E-state index is 12.9. The first-order valence-corrected chi connectivity index (χ1v) is 9.36. The average Bonchev–Trinajstić information content (AvgIpc) is 2.66. The molecular formula is C20H18ClF3N2O2. The summed E-state index contributed by atoms with van der Waals surface area (Å²) in [4.78, 5) is 15.5. The summed E-state index contributed by atoms with van der Waals surface area (Å²) < 4.78 is 38.7. The molecule has 2 heterocycles. The van der Waals surface area contributed by atoms with Crippen LogP contribution in [0.1, 0.15) is 18.4 Å². The Bertz CT molecular complexity index is 901. The minimum Gasteiger partial charge on any atom is -0.481 e. The summed E-state index contributed by atoms with van der Waals surface area (Å²) in [7, 11) is 0. The first kappa shape index (κ1) is 18.9. The molecule has 4 rings (SSSR count). The van der Waals surface area contributed by atoms with Crippen molar-refractivity contribution in [2.45, 2.75) is 25.1 Å². The van der Waals surface area contributed by atoms with E-state index >= 15 is 0 Å². The number of carbonyl (C=O) groups is 1. The van der Waals surface area contributed by atoms with Crippen LogP contribution in [0, 0.1) is 5.92 Å². The third-order valence-electron chi connectivity index (χ3n) is 5.51. The van der Waals surface area contributed by atoms with Gasteiger partial charge in [0, 0.05) is 24.8 Å². The van der Waals surface area contributed by atoms with Crippen LogP contribution in [0.5, 0.6) is 0 Å². The highest BCUT2D eigenvalue weighted by Gasteiger charge is 2.39. The van der Waals surface area contributed by atoms with Crippen LogP contribution in [0.25, 0.3) is 0 Å². The number of benzene rings is 2. The molecule has 1 saturated heterocycles. The van der Waals surface area contributed by atoms with E-state index in [4.69, 9.17) is 11.6 Å². The highest BCUT2D eigenvalue weighted by atomic mass is 35.5. The zero-order valence-electron chi connectivity index (χ0n) is 14.8. The van der Waals surface area contributed by atoms with Gasteiger partial charge >= 0.3 is 12.1 Å². The largest absolute Gasteiger partial charge is 0.481 e. The van der Waals surface area contributed by atoms with Gasteiger partial charge in [0.1, 0.15) is 0 Å². The molecule has 0 saturated carbocycles. The summed E-state index contributed by atoms with van der Waals surface area (Å²) >= 11 is 6.47. The van der Waals surface area contributed by atoms with Crippen LogP contribution in [0.3, 0.4) is 0 Å². The quantitative estimate of drug-likeness (QED) is 0.740. The van der Waals surface area contributed by atoms with Gasteiger partial charge < -0.3 is 14.9 Å². The van der Waals surface area contributed by atoms with Crippen LogP contribution in [-0.4, -0.2) is 30.2 Å². The molecule has 2 aromatic carbocycles. The molecule has 2 unspecified atom stereocenters. The fraction of sp³-hybridized carbons (Fsp3) is 0.350.